The molecule has 1 aromatic carbocycles. The lowest BCUT2D eigenvalue weighted by Crippen LogP contribution is -2.42. The number of hydrogen-bond acceptors (Lipinski definition) is 6. The highest BCUT2D eigenvalue weighted by Gasteiger charge is 2.31. The fourth-order valence-electron chi connectivity index (χ4n) is 3.80. The lowest BCUT2D eigenvalue weighted by molar-refractivity contribution is -0.122. The van der Waals surface area contributed by atoms with Crippen LogP contribution in [0.3, 0.4) is 0 Å². The molecule has 0 spiro atoms. The Kier molecular flexibility index (Phi) is 7.28. The highest BCUT2D eigenvalue weighted by molar-refractivity contribution is 7.09. The number of piperidine rings is 1. The van der Waals surface area contributed by atoms with Gasteiger partial charge in [-0.05, 0) is 43.5 Å². The van der Waals surface area contributed by atoms with Crippen molar-refractivity contribution in [1.82, 2.24) is 15.2 Å². The Morgan fingerprint density at radius 3 is 2.93 bits per heavy atom. The lowest BCUT2D eigenvalue weighted by Gasteiger charge is -2.36. The Labute approximate surface area is 170 Å². The number of carbonyl (C=O) groups is 1. The van der Waals surface area contributed by atoms with Crippen LogP contribution in [0.4, 0.5) is 0 Å². The molecule has 6 nitrogen and oxygen atoms in total. The zero-order chi connectivity index (χ0) is 19.9. The van der Waals surface area contributed by atoms with Gasteiger partial charge < -0.3 is 14.8 Å². The van der Waals surface area contributed by atoms with Crippen LogP contribution in [0.5, 0.6) is 11.5 Å². The van der Waals surface area contributed by atoms with Gasteiger partial charge in [0, 0.05) is 36.7 Å². The molecule has 0 bridgehead atoms. The van der Waals surface area contributed by atoms with Crippen molar-refractivity contribution in [2.75, 3.05) is 27.3 Å². The van der Waals surface area contributed by atoms with E-state index in [1.165, 1.54) is 0 Å². The van der Waals surface area contributed by atoms with Crippen molar-refractivity contribution in [3.63, 3.8) is 0 Å². The highest BCUT2D eigenvalue weighted by Crippen LogP contribution is 2.33. The number of amides is 1. The van der Waals surface area contributed by atoms with Gasteiger partial charge in [0.1, 0.15) is 16.5 Å². The first-order valence-electron chi connectivity index (χ1n) is 9.76. The standard InChI is InChI=1S/C21H29N3O3S/c1-4-19(25)23-20(21-22-9-11-28-21)15-6-5-10-24(13-15)14-16-12-17(26-2)7-8-18(16)27-3/h7-9,11-12,15,20H,4-6,10,13-14H2,1-3H3,(H,23,25)/t15-,20+/m1/s1. The van der Waals surface area contributed by atoms with Crippen LogP contribution in [0.25, 0.3) is 0 Å². The summed E-state index contributed by atoms with van der Waals surface area (Å²) < 4.78 is 10.9. The molecule has 1 aliphatic rings. The van der Waals surface area contributed by atoms with Crippen LogP contribution in [0.15, 0.2) is 29.8 Å². The Morgan fingerprint density at radius 1 is 1.39 bits per heavy atom. The number of carbonyl (C=O) groups excluding carboxylic acids is 1. The molecule has 0 aliphatic carbocycles. The Hall–Kier alpha value is -2.12. The predicted molar refractivity (Wildman–Crippen MR) is 111 cm³/mol. The van der Waals surface area contributed by atoms with Gasteiger partial charge in [0.15, 0.2) is 0 Å². The van der Waals surface area contributed by atoms with Crippen LogP contribution in [0.1, 0.15) is 42.8 Å². The average Bonchev–Trinajstić information content (AvgIpc) is 3.26. The summed E-state index contributed by atoms with van der Waals surface area (Å²) in [5.74, 6) is 2.12. The number of nitrogens with one attached hydrogen (secondary N) is 1. The van der Waals surface area contributed by atoms with Crippen molar-refractivity contribution in [2.24, 2.45) is 5.92 Å². The van der Waals surface area contributed by atoms with Crippen molar-refractivity contribution in [1.29, 1.82) is 0 Å². The fraction of sp³-hybridized carbons (Fsp3) is 0.524. The quantitative estimate of drug-likeness (QED) is 0.729. The van der Waals surface area contributed by atoms with E-state index in [0.29, 0.717) is 12.3 Å². The SMILES string of the molecule is CCC(=O)N[C@H](c1nccs1)[C@@H]1CCCN(Cc2cc(OC)ccc2OC)C1. The van der Waals surface area contributed by atoms with Crippen molar-refractivity contribution >= 4 is 17.2 Å². The van der Waals surface area contributed by atoms with Crippen LogP contribution in [0.2, 0.25) is 0 Å². The summed E-state index contributed by atoms with van der Waals surface area (Å²) in [5.41, 5.74) is 1.12. The maximum Gasteiger partial charge on any atom is 0.220 e. The number of benzene rings is 1. The third-order valence-corrected chi connectivity index (χ3v) is 6.11. The van der Waals surface area contributed by atoms with Crippen molar-refractivity contribution in [3.05, 3.63) is 40.3 Å². The molecule has 7 heteroatoms. The number of hydrogen-bond donors (Lipinski definition) is 1. The monoisotopic (exact) mass is 403 g/mol. The van der Waals surface area contributed by atoms with E-state index in [1.807, 2.05) is 36.7 Å². The molecule has 1 N–H and O–H groups in total. The van der Waals surface area contributed by atoms with Gasteiger partial charge in [0.2, 0.25) is 5.91 Å². The number of methoxy groups -OCH3 is 2. The van der Waals surface area contributed by atoms with Crippen LogP contribution in [0, 0.1) is 5.92 Å². The molecule has 1 aromatic heterocycles. The van der Waals surface area contributed by atoms with Gasteiger partial charge in [-0.25, -0.2) is 4.98 Å². The van der Waals surface area contributed by atoms with Gasteiger partial charge in [0.05, 0.1) is 20.3 Å². The number of aromatic nitrogens is 1. The van der Waals surface area contributed by atoms with Crippen LogP contribution < -0.4 is 14.8 Å². The first kappa shape index (κ1) is 20.6. The second-order valence-electron chi connectivity index (χ2n) is 7.08. The van der Waals surface area contributed by atoms with Crippen LogP contribution >= 0.6 is 11.3 Å². The van der Waals surface area contributed by atoms with Gasteiger partial charge in [-0.2, -0.15) is 0 Å². The van der Waals surface area contributed by atoms with Gasteiger partial charge in [0.25, 0.3) is 0 Å². The maximum absolute atomic E-state index is 12.1. The molecule has 3 rings (SSSR count). The number of ether oxygens (including phenoxy) is 2. The summed E-state index contributed by atoms with van der Waals surface area (Å²) >= 11 is 1.61. The van der Waals surface area contributed by atoms with E-state index in [0.717, 1.165) is 54.5 Å². The third-order valence-electron chi connectivity index (χ3n) is 5.25. The van der Waals surface area contributed by atoms with Crippen LogP contribution in [-0.4, -0.2) is 43.1 Å². The van der Waals surface area contributed by atoms with E-state index in [-0.39, 0.29) is 11.9 Å². The van der Waals surface area contributed by atoms with Crippen molar-refractivity contribution in [3.8, 4) is 11.5 Å². The largest absolute Gasteiger partial charge is 0.497 e. The summed E-state index contributed by atoms with van der Waals surface area (Å²) in [6, 6.07) is 5.89. The molecule has 2 heterocycles. The molecule has 1 saturated heterocycles. The molecular formula is C21H29N3O3S. The molecule has 2 aromatic rings. The summed E-state index contributed by atoms with van der Waals surface area (Å²) in [6.07, 6.45) is 4.48. The first-order valence-corrected chi connectivity index (χ1v) is 10.6. The molecule has 1 amide bonds. The number of thiazole rings is 1. The molecular weight excluding hydrogens is 374 g/mol. The van der Waals surface area contributed by atoms with Crippen molar-refractivity contribution in [2.45, 2.75) is 38.8 Å². The molecule has 1 aliphatic heterocycles. The minimum Gasteiger partial charge on any atom is -0.497 e. The third kappa shape index (κ3) is 5.02. The summed E-state index contributed by atoms with van der Waals surface area (Å²) in [5, 5.41) is 6.17. The Bertz CT molecular complexity index is 766. The zero-order valence-electron chi connectivity index (χ0n) is 16.8. The fourth-order valence-corrected chi connectivity index (χ4v) is 4.58. The Morgan fingerprint density at radius 2 is 2.25 bits per heavy atom. The molecule has 1 fully saturated rings. The molecule has 0 unspecified atom stereocenters. The molecule has 152 valence electrons. The number of nitrogens with zero attached hydrogens (tertiary/aromatic N) is 2. The van der Waals surface area contributed by atoms with E-state index in [9.17, 15) is 4.79 Å². The Balaban J connectivity index is 1.74. The van der Waals surface area contributed by atoms with E-state index < -0.39 is 0 Å². The van der Waals surface area contributed by atoms with Gasteiger partial charge in [-0.1, -0.05) is 6.92 Å². The highest BCUT2D eigenvalue weighted by atomic mass is 32.1. The molecule has 28 heavy (non-hydrogen) atoms. The number of likely N-dealkylation sites (tertiary alicyclic amines) is 1. The average molecular weight is 404 g/mol. The smallest absolute Gasteiger partial charge is 0.220 e. The summed E-state index contributed by atoms with van der Waals surface area (Å²) in [4.78, 5) is 19.0. The molecule has 0 saturated carbocycles. The second kappa shape index (κ2) is 9.89. The lowest BCUT2D eigenvalue weighted by atomic mass is 9.90. The minimum atomic E-state index is -0.0255. The second-order valence-corrected chi connectivity index (χ2v) is 8.01. The van der Waals surface area contributed by atoms with E-state index in [2.05, 4.69) is 15.2 Å². The summed E-state index contributed by atoms with van der Waals surface area (Å²) in [7, 11) is 3.38. The molecule has 2 atom stereocenters. The first-order chi connectivity index (χ1) is 13.6. The van der Waals surface area contributed by atoms with E-state index in [4.69, 9.17) is 9.47 Å². The van der Waals surface area contributed by atoms with Crippen LogP contribution in [-0.2, 0) is 11.3 Å². The topological polar surface area (TPSA) is 63.7 Å². The maximum atomic E-state index is 12.1. The zero-order valence-corrected chi connectivity index (χ0v) is 17.6. The van der Waals surface area contributed by atoms with Gasteiger partial charge in [-0.15, -0.1) is 11.3 Å². The van der Waals surface area contributed by atoms with Crippen molar-refractivity contribution < 1.29 is 14.3 Å². The molecule has 0 radical (unpaired) electrons. The van der Waals surface area contributed by atoms with Gasteiger partial charge in [-0.3, -0.25) is 9.69 Å². The predicted octanol–water partition coefficient (Wildman–Crippen LogP) is 3.64. The minimum absolute atomic E-state index is 0.0255. The summed E-state index contributed by atoms with van der Waals surface area (Å²) in [6.45, 7) is 4.62. The van der Waals surface area contributed by atoms with Gasteiger partial charge >= 0.3 is 0 Å². The normalized spacial score (nSPS) is 18.5. The number of rotatable bonds is 8. The van der Waals surface area contributed by atoms with E-state index in [1.54, 1.807) is 25.6 Å². The van der Waals surface area contributed by atoms with E-state index >= 15 is 0 Å².